The molecule has 212 valence electrons. The molecule has 2 fully saturated rings. The Morgan fingerprint density at radius 2 is 1.28 bits per heavy atom. The molecule has 0 atom stereocenters. The van der Waals surface area contributed by atoms with Gasteiger partial charge in [0.05, 0.1) is 12.2 Å². The molecule has 0 radical (unpaired) electrons. The Morgan fingerprint density at radius 3 is 1.79 bits per heavy atom. The third-order valence-corrected chi connectivity index (χ3v) is 9.29. The standard InChI is InChI=1S/C36H48F2O/c1-3-5-7-9-29-12-18-33(19-13-29)34-22-24-35(25-23-34)36(37,38)39-27-26-30-14-20-32(21-15-30)31-16-10-28(11-17-31)8-6-4-2/h3-5,14-15,20-25,28-29,31,33H,2,6-13,16-19,26-27H2,1H3/b5-3+. The van der Waals surface area contributed by atoms with Crippen molar-refractivity contribution in [3.63, 3.8) is 0 Å². The summed E-state index contributed by atoms with van der Waals surface area (Å²) in [6.07, 6.45) is 18.3. The smallest absolute Gasteiger partial charge is 0.316 e. The molecule has 0 unspecified atom stereocenters. The molecule has 0 aromatic heterocycles. The molecular weight excluding hydrogens is 486 g/mol. The zero-order valence-corrected chi connectivity index (χ0v) is 23.9. The van der Waals surface area contributed by atoms with Crippen molar-refractivity contribution in [2.24, 2.45) is 11.8 Å². The van der Waals surface area contributed by atoms with E-state index in [1.165, 1.54) is 68.9 Å². The molecule has 0 N–H and O–H groups in total. The molecule has 4 rings (SSSR count). The highest BCUT2D eigenvalue weighted by atomic mass is 19.3. The lowest BCUT2D eigenvalue weighted by molar-refractivity contribution is -0.248. The maximum atomic E-state index is 14.8. The molecule has 2 aromatic carbocycles. The van der Waals surface area contributed by atoms with E-state index in [-0.39, 0.29) is 12.2 Å². The van der Waals surface area contributed by atoms with Gasteiger partial charge in [-0.05, 0) is 131 Å². The van der Waals surface area contributed by atoms with Crippen LogP contribution < -0.4 is 0 Å². The Morgan fingerprint density at radius 1 is 0.769 bits per heavy atom. The maximum Gasteiger partial charge on any atom is 0.383 e. The average Bonchev–Trinajstić information content (AvgIpc) is 2.97. The average molecular weight is 535 g/mol. The molecule has 1 nitrogen and oxygen atoms in total. The van der Waals surface area contributed by atoms with Gasteiger partial charge in [0.15, 0.2) is 0 Å². The Bertz CT molecular complexity index is 1010. The number of allylic oxidation sites excluding steroid dienone is 3. The summed E-state index contributed by atoms with van der Waals surface area (Å²) in [4.78, 5) is 0. The predicted molar refractivity (Wildman–Crippen MR) is 159 cm³/mol. The van der Waals surface area contributed by atoms with Gasteiger partial charge in [0.25, 0.3) is 0 Å². The second-order valence-corrected chi connectivity index (χ2v) is 11.9. The molecule has 39 heavy (non-hydrogen) atoms. The van der Waals surface area contributed by atoms with Crippen LogP contribution in [-0.4, -0.2) is 6.61 Å². The lowest BCUT2D eigenvalue weighted by atomic mass is 9.77. The number of halogens is 2. The molecule has 0 amide bonds. The first-order valence-corrected chi connectivity index (χ1v) is 15.4. The van der Waals surface area contributed by atoms with E-state index in [0.717, 1.165) is 36.7 Å². The number of hydrogen-bond acceptors (Lipinski definition) is 1. The Hall–Kier alpha value is -2.26. The third kappa shape index (κ3) is 8.87. The van der Waals surface area contributed by atoms with Crippen LogP contribution in [0.5, 0.6) is 0 Å². The first kappa shape index (κ1) is 29.7. The van der Waals surface area contributed by atoms with Crippen LogP contribution in [-0.2, 0) is 17.3 Å². The lowest BCUT2D eigenvalue weighted by Gasteiger charge is -2.29. The fourth-order valence-electron chi connectivity index (χ4n) is 6.71. The van der Waals surface area contributed by atoms with E-state index in [1.54, 1.807) is 12.1 Å². The van der Waals surface area contributed by atoms with E-state index in [1.807, 2.05) is 18.2 Å². The molecule has 0 spiro atoms. The maximum absolute atomic E-state index is 14.8. The van der Waals surface area contributed by atoms with Gasteiger partial charge >= 0.3 is 6.11 Å². The van der Waals surface area contributed by atoms with Gasteiger partial charge in [0.1, 0.15) is 0 Å². The third-order valence-electron chi connectivity index (χ3n) is 9.29. The van der Waals surface area contributed by atoms with E-state index in [0.29, 0.717) is 18.3 Å². The normalized spacial score (nSPS) is 24.2. The minimum atomic E-state index is -3.27. The highest BCUT2D eigenvalue weighted by Gasteiger charge is 2.33. The molecule has 0 aliphatic heterocycles. The minimum absolute atomic E-state index is 0.000255. The number of rotatable bonds is 13. The van der Waals surface area contributed by atoms with Crippen molar-refractivity contribution >= 4 is 0 Å². The van der Waals surface area contributed by atoms with Crippen molar-refractivity contribution in [2.75, 3.05) is 6.61 Å². The van der Waals surface area contributed by atoms with Gasteiger partial charge in [-0.1, -0.05) is 66.8 Å². The van der Waals surface area contributed by atoms with Crippen LogP contribution >= 0.6 is 0 Å². The van der Waals surface area contributed by atoms with Crippen LogP contribution in [0.2, 0.25) is 0 Å². The van der Waals surface area contributed by atoms with Crippen LogP contribution in [0.15, 0.2) is 73.3 Å². The molecule has 2 aliphatic rings. The topological polar surface area (TPSA) is 9.23 Å². The van der Waals surface area contributed by atoms with Gasteiger partial charge < -0.3 is 4.74 Å². The number of ether oxygens (including phenoxy) is 1. The van der Waals surface area contributed by atoms with Gasteiger partial charge in [0.2, 0.25) is 0 Å². The first-order chi connectivity index (χ1) is 19.0. The summed E-state index contributed by atoms with van der Waals surface area (Å²) in [6, 6.07) is 15.5. The summed E-state index contributed by atoms with van der Waals surface area (Å²) >= 11 is 0. The van der Waals surface area contributed by atoms with Crippen molar-refractivity contribution in [3.8, 4) is 0 Å². The molecule has 2 aliphatic carbocycles. The summed E-state index contributed by atoms with van der Waals surface area (Å²) in [7, 11) is 0. The predicted octanol–water partition coefficient (Wildman–Crippen LogP) is 10.9. The van der Waals surface area contributed by atoms with E-state index >= 15 is 0 Å². The summed E-state index contributed by atoms with van der Waals surface area (Å²) < 4.78 is 34.7. The second-order valence-electron chi connectivity index (χ2n) is 11.9. The van der Waals surface area contributed by atoms with Crippen LogP contribution in [0.4, 0.5) is 8.78 Å². The van der Waals surface area contributed by atoms with E-state index in [2.05, 4.69) is 49.9 Å². The Kier molecular flexibility index (Phi) is 11.4. The molecule has 3 heteroatoms. The van der Waals surface area contributed by atoms with Crippen molar-refractivity contribution in [1.82, 2.24) is 0 Å². The van der Waals surface area contributed by atoms with Gasteiger partial charge in [-0.3, -0.25) is 0 Å². The highest BCUT2D eigenvalue weighted by Crippen LogP contribution is 2.39. The number of hydrogen-bond donors (Lipinski definition) is 0. The van der Waals surface area contributed by atoms with Crippen molar-refractivity contribution in [2.45, 2.75) is 108 Å². The van der Waals surface area contributed by atoms with E-state index in [9.17, 15) is 8.78 Å². The number of alkyl halides is 2. The fourth-order valence-corrected chi connectivity index (χ4v) is 6.71. The van der Waals surface area contributed by atoms with Gasteiger partial charge in [-0.15, -0.1) is 6.58 Å². The summed E-state index contributed by atoms with van der Waals surface area (Å²) in [5, 5.41) is 0. The van der Waals surface area contributed by atoms with Crippen LogP contribution in [0.3, 0.4) is 0 Å². The molecule has 0 heterocycles. The zero-order valence-electron chi connectivity index (χ0n) is 23.9. The fraction of sp³-hybridized carbons (Fsp3) is 0.556. The van der Waals surface area contributed by atoms with E-state index < -0.39 is 6.11 Å². The molecule has 0 saturated heterocycles. The summed E-state index contributed by atoms with van der Waals surface area (Å²) in [5.41, 5.74) is 3.57. The molecular formula is C36H48F2O. The van der Waals surface area contributed by atoms with Gasteiger partial charge in [0, 0.05) is 0 Å². The Balaban J connectivity index is 1.20. The van der Waals surface area contributed by atoms with Crippen molar-refractivity contribution in [3.05, 3.63) is 95.6 Å². The minimum Gasteiger partial charge on any atom is -0.316 e. The van der Waals surface area contributed by atoms with Crippen LogP contribution in [0, 0.1) is 11.8 Å². The second kappa shape index (κ2) is 14.9. The Labute approximate surface area is 235 Å². The monoisotopic (exact) mass is 534 g/mol. The summed E-state index contributed by atoms with van der Waals surface area (Å²) in [5.74, 6) is 2.76. The van der Waals surface area contributed by atoms with Crippen LogP contribution in [0.25, 0.3) is 0 Å². The summed E-state index contributed by atoms with van der Waals surface area (Å²) in [6.45, 7) is 5.92. The highest BCUT2D eigenvalue weighted by molar-refractivity contribution is 5.28. The first-order valence-electron chi connectivity index (χ1n) is 15.4. The molecule has 0 bridgehead atoms. The van der Waals surface area contributed by atoms with Gasteiger partial charge in [-0.25, -0.2) is 0 Å². The zero-order chi connectivity index (χ0) is 27.5. The lowest BCUT2D eigenvalue weighted by Crippen LogP contribution is -2.20. The van der Waals surface area contributed by atoms with Crippen molar-refractivity contribution < 1.29 is 13.5 Å². The number of benzene rings is 2. The van der Waals surface area contributed by atoms with Gasteiger partial charge in [-0.2, -0.15) is 8.78 Å². The van der Waals surface area contributed by atoms with E-state index in [4.69, 9.17) is 4.74 Å². The quantitative estimate of drug-likeness (QED) is 0.232. The molecule has 2 saturated carbocycles. The molecule has 2 aromatic rings. The van der Waals surface area contributed by atoms with Crippen LogP contribution in [0.1, 0.15) is 118 Å². The van der Waals surface area contributed by atoms with Crippen molar-refractivity contribution in [1.29, 1.82) is 0 Å². The SMILES string of the molecule is C=CCCC1CCC(c2ccc(CCOC(F)(F)c3ccc(C4CCC(CC/C=C/C)CC4)cc3)cc2)CC1. The largest absolute Gasteiger partial charge is 0.383 e.